The summed E-state index contributed by atoms with van der Waals surface area (Å²) in [6.45, 7) is 9.38. The smallest absolute Gasteiger partial charge is 0.167 e. The van der Waals surface area contributed by atoms with E-state index in [9.17, 15) is 0 Å². The van der Waals surface area contributed by atoms with Gasteiger partial charge in [0.25, 0.3) is 0 Å². The van der Waals surface area contributed by atoms with Gasteiger partial charge >= 0.3 is 0 Å². The summed E-state index contributed by atoms with van der Waals surface area (Å²) in [6.07, 6.45) is 2.65. The van der Waals surface area contributed by atoms with Crippen molar-refractivity contribution in [2.45, 2.75) is 64.5 Å². The summed E-state index contributed by atoms with van der Waals surface area (Å²) in [5, 5.41) is 14.6. The third-order valence-corrected chi connectivity index (χ3v) is 11.5. The van der Waals surface area contributed by atoms with Crippen LogP contribution in [-0.4, -0.2) is 34.7 Å². The molecule has 7 heteroatoms. The average molecular weight is 706 g/mol. The van der Waals surface area contributed by atoms with Gasteiger partial charge < -0.3 is 4.57 Å². The second kappa shape index (κ2) is 13.3. The van der Waals surface area contributed by atoms with Crippen molar-refractivity contribution < 1.29 is 0 Å². The summed E-state index contributed by atoms with van der Waals surface area (Å²) < 4.78 is 4.41. The number of benzene rings is 5. The predicted octanol–water partition coefficient (Wildman–Crippen LogP) is 8.94. The van der Waals surface area contributed by atoms with Gasteiger partial charge in [0.1, 0.15) is 16.9 Å². The van der Waals surface area contributed by atoms with E-state index in [1.807, 2.05) is 0 Å². The van der Waals surface area contributed by atoms with Gasteiger partial charge in [-0.2, -0.15) is 0 Å². The summed E-state index contributed by atoms with van der Waals surface area (Å²) >= 11 is 0. The number of aryl methyl sites for hydroxylation is 5. The molecule has 0 aliphatic heterocycles. The van der Waals surface area contributed by atoms with Crippen molar-refractivity contribution in [3.63, 3.8) is 0 Å². The largest absolute Gasteiger partial charge is 0.308 e. The van der Waals surface area contributed by atoms with Gasteiger partial charge in [0.05, 0.1) is 12.0 Å². The van der Waals surface area contributed by atoms with Gasteiger partial charge in [-0.15, -0.1) is 5.10 Å². The van der Waals surface area contributed by atoms with E-state index in [0.717, 1.165) is 70.0 Å². The fourth-order valence-corrected chi connectivity index (χ4v) is 9.02. The maximum absolute atomic E-state index is 5.04. The van der Waals surface area contributed by atoms with Gasteiger partial charge in [-0.1, -0.05) is 140 Å². The number of hydrogen-bond acceptors (Lipinski definition) is 5. The zero-order valence-electron chi connectivity index (χ0n) is 31.2. The number of hydrogen-bond donors (Lipinski definition) is 0. The molecule has 3 heterocycles. The molecule has 5 aromatic carbocycles. The molecule has 7 nitrogen and oxygen atoms in total. The molecule has 0 saturated carbocycles. The highest BCUT2D eigenvalue weighted by Gasteiger charge is 2.48. The number of fused-ring (bicyclic) bond motifs is 3. The zero-order chi connectivity index (χ0) is 36.9. The number of aromatic nitrogens is 7. The second-order valence-corrected chi connectivity index (χ2v) is 14.7. The minimum Gasteiger partial charge on any atom is -0.308 e. The highest BCUT2D eigenvalue weighted by Crippen LogP contribution is 2.48. The molecule has 1 unspecified atom stereocenters. The van der Waals surface area contributed by atoms with Crippen LogP contribution in [0.5, 0.6) is 0 Å². The summed E-state index contributed by atoms with van der Waals surface area (Å²) in [7, 11) is 0. The molecule has 0 spiro atoms. The first-order valence-electron chi connectivity index (χ1n) is 18.9. The van der Waals surface area contributed by atoms with Crippen LogP contribution < -0.4 is 0 Å². The van der Waals surface area contributed by atoms with E-state index >= 15 is 0 Å². The molecule has 0 saturated heterocycles. The first kappa shape index (κ1) is 33.6. The Bertz CT molecular complexity index is 2510. The van der Waals surface area contributed by atoms with Gasteiger partial charge in [-0.3, -0.25) is 0 Å². The van der Waals surface area contributed by atoms with Gasteiger partial charge in [-0.05, 0) is 100 Å². The van der Waals surface area contributed by atoms with Crippen LogP contribution in [0.25, 0.3) is 11.2 Å². The van der Waals surface area contributed by atoms with E-state index in [4.69, 9.17) is 20.3 Å². The lowest BCUT2D eigenvalue weighted by molar-refractivity contribution is 0.408. The van der Waals surface area contributed by atoms with E-state index < -0.39 is 11.0 Å². The van der Waals surface area contributed by atoms with Crippen LogP contribution in [-0.2, 0) is 36.8 Å². The summed E-state index contributed by atoms with van der Waals surface area (Å²) in [5.74, 6) is 1.84. The predicted molar refractivity (Wildman–Crippen MR) is 214 cm³/mol. The van der Waals surface area contributed by atoms with Crippen molar-refractivity contribution in [3.8, 4) is 0 Å². The van der Waals surface area contributed by atoms with Crippen LogP contribution in [0.4, 0.5) is 0 Å². The molecule has 1 aliphatic carbocycles. The highest BCUT2D eigenvalue weighted by atomic mass is 15.6. The van der Waals surface area contributed by atoms with Crippen LogP contribution in [0.3, 0.4) is 0 Å². The number of imidazole rings is 1. The Kier molecular flexibility index (Phi) is 8.30. The van der Waals surface area contributed by atoms with Crippen molar-refractivity contribution in [2.24, 2.45) is 0 Å². The lowest BCUT2D eigenvalue weighted by Gasteiger charge is -2.40. The van der Waals surface area contributed by atoms with Crippen molar-refractivity contribution in [1.82, 2.24) is 34.7 Å². The normalized spacial score (nSPS) is 15.5. The van der Waals surface area contributed by atoms with Gasteiger partial charge in [0, 0.05) is 12.1 Å². The Morgan fingerprint density at radius 1 is 0.667 bits per heavy atom. The summed E-state index contributed by atoms with van der Waals surface area (Å²) in [5.41, 5.74) is 12.1. The lowest BCUT2D eigenvalue weighted by atomic mass is 9.71. The topological polar surface area (TPSA) is 74.3 Å². The minimum absolute atomic E-state index is 0.694. The fourth-order valence-electron chi connectivity index (χ4n) is 9.02. The Labute approximate surface area is 316 Å². The Balaban J connectivity index is 1.28. The Morgan fingerprint density at radius 3 is 1.91 bits per heavy atom. The maximum atomic E-state index is 5.04. The summed E-state index contributed by atoms with van der Waals surface area (Å²) in [6, 6.07) is 49.9. The van der Waals surface area contributed by atoms with E-state index in [-0.39, 0.29) is 0 Å². The molecule has 0 fully saturated rings. The third-order valence-electron chi connectivity index (χ3n) is 11.5. The Hall–Kier alpha value is -6.21. The van der Waals surface area contributed by atoms with Crippen molar-refractivity contribution in [3.05, 3.63) is 207 Å². The lowest BCUT2D eigenvalue weighted by Crippen LogP contribution is -2.43. The van der Waals surface area contributed by atoms with Crippen molar-refractivity contribution >= 4 is 11.2 Å². The monoisotopic (exact) mass is 705 g/mol. The molecule has 9 rings (SSSR count). The van der Waals surface area contributed by atoms with Crippen LogP contribution in [0.1, 0.15) is 81.3 Å². The molecule has 266 valence electrons. The highest BCUT2D eigenvalue weighted by molar-refractivity contribution is 5.76. The second-order valence-electron chi connectivity index (χ2n) is 14.7. The number of nitrogens with zero attached hydrogens (tertiary/aromatic N) is 7. The standard InChI is InChI=1S/C47H43N7/c1-5-42-49-43-32(2)29-33(3)48-44(43)53(42)31-34-25-28-41-36(30-34)27-26-35-17-15-16-24-40(35)46(41,4)45-50-51-52-54(45)47(37-18-9-6-10-19-37,38-20-11-7-12-21-38)39-22-13-8-14-23-39/h6-25,28-30H,5,26-27,31H2,1-4H3. The van der Waals surface area contributed by atoms with E-state index in [1.54, 1.807) is 0 Å². The van der Waals surface area contributed by atoms with Crippen LogP contribution >= 0.6 is 0 Å². The fraction of sp³-hybridized carbons (Fsp3) is 0.213. The summed E-state index contributed by atoms with van der Waals surface area (Å²) in [4.78, 5) is 10.0. The molecule has 0 radical (unpaired) electrons. The molecular weight excluding hydrogens is 663 g/mol. The van der Waals surface area contributed by atoms with Crippen LogP contribution in [0, 0.1) is 13.8 Å². The molecular formula is C47H43N7. The van der Waals surface area contributed by atoms with Crippen LogP contribution in [0.15, 0.2) is 140 Å². The average Bonchev–Trinajstić information content (AvgIpc) is 3.82. The molecule has 0 bridgehead atoms. The zero-order valence-corrected chi connectivity index (χ0v) is 31.2. The molecule has 8 aromatic rings. The van der Waals surface area contributed by atoms with Crippen molar-refractivity contribution in [2.75, 3.05) is 0 Å². The number of tetrazole rings is 1. The maximum Gasteiger partial charge on any atom is 0.167 e. The first-order valence-corrected chi connectivity index (χ1v) is 18.9. The molecule has 3 aromatic heterocycles. The third kappa shape index (κ3) is 5.21. The van der Waals surface area contributed by atoms with E-state index in [1.165, 1.54) is 27.8 Å². The molecule has 1 atom stereocenters. The van der Waals surface area contributed by atoms with Crippen LogP contribution in [0.2, 0.25) is 0 Å². The number of pyridine rings is 1. The SMILES string of the molecule is CCc1nc2c(C)cc(C)nc2n1Cc1ccc2c(c1)CCc1ccccc1C2(C)c1nnnn1C(c1ccccc1)(c1ccccc1)c1ccccc1. The molecule has 54 heavy (non-hydrogen) atoms. The van der Waals surface area contributed by atoms with Gasteiger partial charge in [0.15, 0.2) is 11.5 Å². The van der Waals surface area contributed by atoms with Gasteiger partial charge in [0.2, 0.25) is 0 Å². The van der Waals surface area contributed by atoms with E-state index in [2.05, 4.69) is 182 Å². The Morgan fingerprint density at radius 2 is 1.26 bits per heavy atom. The van der Waals surface area contributed by atoms with Crippen molar-refractivity contribution in [1.29, 1.82) is 0 Å². The molecule has 1 aliphatic rings. The number of rotatable bonds is 8. The van der Waals surface area contributed by atoms with Gasteiger partial charge in [-0.25, -0.2) is 14.6 Å². The quantitative estimate of drug-likeness (QED) is 0.148. The molecule has 0 N–H and O–H groups in total. The van der Waals surface area contributed by atoms with E-state index in [0.29, 0.717) is 6.54 Å². The first-order chi connectivity index (χ1) is 26.4. The minimum atomic E-state index is -0.866. The molecule has 0 amide bonds.